The third-order valence-electron chi connectivity index (χ3n) is 4.26. The van der Waals surface area contributed by atoms with E-state index in [2.05, 4.69) is 16.2 Å². The molecule has 0 atom stereocenters. The van der Waals surface area contributed by atoms with E-state index in [-0.39, 0.29) is 29.5 Å². The van der Waals surface area contributed by atoms with Crippen molar-refractivity contribution in [1.29, 1.82) is 0 Å². The molecule has 0 spiro atoms. The second-order valence-electron chi connectivity index (χ2n) is 6.96. The molecule has 3 N–H and O–H groups in total. The van der Waals surface area contributed by atoms with E-state index in [0.717, 1.165) is 16.3 Å². The fourth-order valence-electron chi connectivity index (χ4n) is 2.95. The molecule has 0 aliphatic heterocycles. The maximum Gasteiger partial charge on any atom is 0.257 e. The second-order valence-corrected chi connectivity index (χ2v) is 7.37. The monoisotopic (exact) mass is 421 g/mol. The number of hydrogen-bond donors (Lipinski definition) is 3. The summed E-state index contributed by atoms with van der Waals surface area (Å²) in [5, 5.41) is 4.64. The number of fused-ring (bicyclic) bond motifs is 1. The normalized spacial score (nSPS) is 10.5. The number of amides is 2. The zero-order valence-corrected chi connectivity index (χ0v) is 17.6. The Bertz CT molecular complexity index is 1060. The molecule has 0 aliphatic carbocycles. The largest absolute Gasteiger partial charge is 0.491 e. The number of thiocarbonyl (C=S) groups is 1. The first kappa shape index (κ1) is 21.3. The minimum Gasteiger partial charge on any atom is -0.491 e. The molecule has 30 heavy (non-hydrogen) atoms. The maximum atomic E-state index is 12.3. The molecule has 7 heteroatoms. The van der Waals surface area contributed by atoms with Crippen LogP contribution in [0.15, 0.2) is 66.7 Å². The van der Waals surface area contributed by atoms with Crippen molar-refractivity contribution in [2.75, 3.05) is 0 Å². The van der Waals surface area contributed by atoms with Crippen molar-refractivity contribution < 1.29 is 14.3 Å². The fourth-order valence-corrected chi connectivity index (χ4v) is 3.10. The van der Waals surface area contributed by atoms with Crippen LogP contribution in [0.5, 0.6) is 5.75 Å². The van der Waals surface area contributed by atoms with Crippen molar-refractivity contribution in [2.24, 2.45) is 0 Å². The third-order valence-corrected chi connectivity index (χ3v) is 4.47. The Balaban J connectivity index is 1.50. The Hall–Kier alpha value is -3.45. The first-order valence-electron chi connectivity index (χ1n) is 9.56. The summed E-state index contributed by atoms with van der Waals surface area (Å²) in [6, 6.07) is 20.4. The number of ether oxygens (including phenoxy) is 1. The van der Waals surface area contributed by atoms with E-state index in [1.807, 2.05) is 56.3 Å². The molecule has 0 aliphatic rings. The molecule has 6 nitrogen and oxygen atoms in total. The Kier molecular flexibility index (Phi) is 6.98. The van der Waals surface area contributed by atoms with Gasteiger partial charge in [-0.05, 0) is 66.7 Å². The van der Waals surface area contributed by atoms with Crippen LogP contribution in [0.25, 0.3) is 10.8 Å². The minimum atomic E-state index is -0.383. The number of nitrogens with one attached hydrogen (secondary N) is 3. The number of carbonyl (C=O) groups excluding carboxylic acids is 2. The van der Waals surface area contributed by atoms with Crippen LogP contribution in [-0.4, -0.2) is 23.0 Å². The lowest BCUT2D eigenvalue weighted by molar-refractivity contribution is -0.121. The van der Waals surface area contributed by atoms with Crippen molar-refractivity contribution in [3.8, 4) is 5.75 Å². The van der Waals surface area contributed by atoms with Crippen molar-refractivity contribution in [1.82, 2.24) is 16.2 Å². The summed E-state index contributed by atoms with van der Waals surface area (Å²) in [6.07, 6.45) is 0.237. The highest BCUT2D eigenvalue weighted by molar-refractivity contribution is 7.80. The molecule has 0 saturated heterocycles. The Morgan fingerprint density at radius 1 is 0.933 bits per heavy atom. The van der Waals surface area contributed by atoms with Gasteiger partial charge in [0, 0.05) is 5.56 Å². The molecule has 0 unspecified atom stereocenters. The molecule has 3 rings (SSSR count). The van der Waals surface area contributed by atoms with Gasteiger partial charge in [0.05, 0.1) is 12.5 Å². The van der Waals surface area contributed by atoms with Gasteiger partial charge < -0.3 is 4.74 Å². The molecule has 3 aromatic carbocycles. The number of rotatable bonds is 5. The molecular formula is C23H23N3O3S. The van der Waals surface area contributed by atoms with Gasteiger partial charge in [0.25, 0.3) is 5.91 Å². The molecule has 154 valence electrons. The number of hydrazine groups is 1. The van der Waals surface area contributed by atoms with Gasteiger partial charge in [-0.25, -0.2) is 0 Å². The number of hydrogen-bond acceptors (Lipinski definition) is 4. The molecule has 2 amide bonds. The molecule has 0 heterocycles. The Morgan fingerprint density at radius 2 is 1.63 bits per heavy atom. The molecular weight excluding hydrogens is 398 g/mol. The average molecular weight is 422 g/mol. The van der Waals surface area contributed by atoms with Crippen LogP contribution in [0.3, 0.4) is 0 Å². The van der Waals surface area contributed by atoms with Gasteiger partial charge in [-0.3, -0.25) is 25.8 Å². The lowest BCUT2D eigenvalue weighted by Crippen LogP contribution is -2.48. The predicted molar refractivity (Wildman–Crippen MR) is 121 cm³/mol. The van der Waals surface area contributed by atoms with Crippen LogP contribution in [0, 0.1) is 0 Å². The van der Waals surface area contributed by atoms with Crippen LogP contribution < -0.4 is 20.9 Å². The molecule has 0 bridgehead atoms. The van der Waals surface area contributed by atoms with E-state index in [4.69, 9.17) is 17.0 Å². The fraction of sp³-hybridized carbons (Fsp3) is 0.174. The Morgan fingerprint density at radius 3 is 2.37 bits per heavy atom. The molecule has 0 aromatic heterocycles. The highest BCUT2D eigenvalue weighted by Gasteiger charge is 2.10. The lowest BCUT2D eigenvalue weighted by Gasteiger charge is -2.12. The first-order valence-corrected chi connectivity index (χ1v) is 9.96. The lowest BCUT2D eigenvalue weighted by atomic mass is 10.0. The second kappa shape index (κ2) is 9.84. The van der Waals surface area contributed by atoms with Crippen LogP contribution in [0.1, 0.15) is 29.8 Å². The van der Waals surface area contributed by atoms with E-state index < -0.39 is 0 Å². The predicted octanol–water partition coefficient (Wildman–Crippen LogP) is 3.51. The highest BCUT2D eigenvalue weighted by atomic mass is 32.1. The summed E-state index contributed by atoms with van der Waals surface area (Å²) in [7, 11) is 0. The molecule has 0 saturated carbocycles. The maximum absolute atomic E-state index is 12.3. The van der Waals surface area contributed by atoms with Crippen molar-refractivity contribution >= 4 is 39.9 Å². The highest BCUT2D eigenvalue weighted by Crippen LogP contribution is 2.18. The van der Waals surface area contributed by atoms with Crippen LogP contribution in [0.2, 0.25) is 0 Å². The summed E-state index contributed by atoms with van der Waals surface area (Å²) < 4.78 is 5.55. The van der Waals surface area contributed by atoms with E-state index in [9.17, 15) is 9.59 Å². The SMILES string of the molecule is CC(C)Oc1ccc(C(=O)NC(=S)NNC(=O)Cc2cccc3ccccc23)cc1. The minimum absolute atomic E-state index is 0.00813. The molecule has 0 radical (unpaired) electrons. The molecule has 0 fully saturated rings. The summed E-state index contributed by atoms with van der Waals surface area (Å²) >= 11 is 5.09. The van der Waals surface area contributed by atoms with E-state index in [1.54, 1.807) is 24.3 Å². The van der Waals surface area contributed by atoms with Crippen LogP contribution in [-0.2, 0) is 11.2 Å². The van der Waals surface area contributed by atoms with E-state index in [0.29, 0.717) is 11.3 Å². The number of carbonyl (C=O) groups is 2. The standard InChI is InChI=1S/C23H23N3O3S/c1-15(2)29-19-12-10-17(11-13-19)22(28)24-23(30)26-25-21(27)14-18-8-5-7-16-6-3-4-9-20(16)18/h3-13,15H,14H2,1-2H3,(H,25,27)(H2,24,26,28,30). The summed E-state index contributed by atoms with van der Waals surface area (Å²) in [4.78, 5) is 24.6. The average Bonchev–Trinajstić information content (AvgIpc) is 2.72. The van der Waals surface area contributed by atoms with Gasteiger partial charge in [0.1, 0.15) is 5.75 Å². The summed E-state index contributed by atoms with van der Waals surface area (Å²) in [6.45, 7) is 3.86. The first-order chi connectivity index (χ1) is 14.4. The topological polar surface area (TPSA) is 79.5 Å². The summed E-state index contributed by atoms with van der Waals surface area (Å²) in [5.41, 5.74) is 6.42. The van der Waals surface area contributed by atoms with Gasteiger partial charge >= 0.3 is 0 Å². The zero-order valence-electron chi connectivity index (χ0n) is 16.8. The van der Waals surface area contributed by atoms with Crippen molar-refractivity contribution in [3.63, 3.8) is 0 Å². The zero-order chi connectivity index (χ0) is 21.5. The summed E-state index contributed by atoms with van der Waals surface area (Å²) in [5.74, 6) is 0.0352. The van der Waals surface area contributed by atoms with E-state index in [1.165, 1.54) is 0 Å². The van der Waals surface area contributed by atoms with Gasteiger partial charge in [-0.15, -0.1) is 0 Å². The van der Waals surface area contributed by atoms with Gasteiger partial charge in [0.2, 0.25) is 5.91 Å². The van der Waals surface area contributed by atoms with Crippen molar-refractivity contribution in [3.05, 3.63) is 77.9 Å². The number of benzene rings is 3. The van der Waals surface area contributed by atoms with Crippen LogP contribution >= 0.6 is 12.2 Å². The molecule has 3 aromatic rings. The van der Waals surface area contributed by atoms with Gasteiger partial charge in [0.15, 0.2) is 5.11 Å². The Labute approximate surface area is 180 Å². The van der Waals surface area contributed by atoms with Gasteiger partial charge in [-0.2, -0.15) is 0 Å². The third kappa shape index (κ3) is 5.78. The van der Waals surface area contributed by atoms with Gasteiger partial charge in [-0.1, -0.05) is 42.5 Å². The van der Waals surface area contributed by atoms with Crippen LogP contribution in [0.4, 0.5) is 0 Å². The smallest absolute Gasteiger partial charge is 0.257 e. The van der Waals surface area contributed by atoms with Crippen molar-refractivity contribution in [2.45, 2.75) is 26.4 Å². The van der Waals surface area contributed by atoms with E-state index >= 15 is 0 Å². The quantitative estimate of drug-likeness (QED) is 0.434.